The molecule has 5 nitrogen and oxygen atoms in total. The van der Waals surface area contributed by atoms with E-state index >= 15 is 0 Å². The third-order valence-electron chi connectivity index (χ3n) is 3.31. The molecular weight excluding hydrogens is 312 g/mol. The molecule has 0 aromatic heterocycles. The predicted octanol–water partition coefficient (Wildman–Crippen LogP) is 2.87. The van der Waals surface area contributed by atoms with Gasteiger partial charge in [0.25, 0.3) is 10.0 Å². The van der Waals surface area contributed by atoms with Crippen LogP contribution in [0.25, 0.3) is 0 Å². The molecule has 0 fully saturated rings. The highest BCUT2D eigenvalue weighted by Crippen LogP contribution is 2.28. The van der Waals surface area contributed by atoms with E-state index in [9.17, 15) is 8.42 Å². The van der Waals surface area contributed by atoms with Gasteiger partial charge in [-0.05, 0) is 56.4 Å². The molecule has 0 spiro atoms. The molecule has 1 N–H and O–H groups in total. The summed E-state index contributed by atoms with van der Waals surface area (Å²) in [6, 6.07) is 12.2. The van der Waals surface area contributed by atoms with Crippen molar-refractivity contribution < 1.29 is 13.2 Å². The zero-order chi connectivity index (χ0) is 17.0. The first kappa shape index (κ1) is 17.3. The van der Waals surface area contributed by atoms with Crippen molar-refractivity contribution in [3.05, 3.63) is 53.6 Å². The Balaban J connectivity index is 2.32. The van der Waals surface area contributed by atoms with Crippen molar-refractivity contribution >= 4 is 15.7 Å². The number of nitrogens with one attached hydrogen (secondary N) is 1. The van der Waals surface area contributed by atoms with E-state index in [1.165, 1.54) is 7.11 Å². The van der Waals surface area contributed by atoms with Crippen LogP contribution in [0.15, 0.2) is 47.4 Å². The minimum Gasteiger partial charge on any atom is -0.495 e. The quantitative estimate of drug-likeness (QED) is 0.882. The minimum atomic E-state index is -3.64. The molecule has 0 unspecified atom stereocenters. The summed E-state index contributed by atoms with van der Waals surface area (Å²) in [6.45, 7) is 2.61. The van der Waals surface area contributed by atoms with Gasteiger partial charge in [-0.1, -0.05) is 18.2 Å². The van der Waals surface area contributed by atoms with Crippen LogP contribution in [-0.2, 0) is 16.6 Å². The van der Waals surface area contributed by atoms with Gasteiger partial charge in [-0.3, -0.25) is 4.72 Å². The van der Waals surface area contributed by atoms with Crippen LogP contribution in [0, 0.1) is 6.92 Å². The number of aryl methyl sites for hydroxylation is 1. The maximum absolute atomic E-state index is 12.5. The smallest absolute Gasteiger partial charge is 0.262 e. The number of ether oxygens (including phenoxy) is 1. The van der Waals surface area contributed by atoms with Crippen molar-refractivity contribution in [3.63, 3.8) is 0 Å². The number of sulfonamides is 1. The highest BCUT2D eigenvalue weighted by atomic mass is 32.2. The Bertz CT molecular complexity index is 786. The zero-order valence-electron chi connectivity index (χ0n) is 13.8. The van der Waals surface area contributed by atoms with Gasteiger partial charge >= 0.3 is 0 Å². The van der Waals surface area contributed by atoms with Crippen molar-refractivity contribution in [2.45, 2.75) is 18.4 Å². The predicted molar refractivity (Wildman–Crippen MR) is 92.4 cm³/mol. The van der Waals surface area contributed by atoms with Crippen LogP contribution in [0.2, 0.25) is 0 Å². The summed E-state index contributed by atoms with van der Waals surface area (Å²) in [6.07, 6.45) is 0. The number of hydrogen-bond donors (Lipinski definition) is 1. The Morgan fingerprint density at radius 2 is 1.87 bits per heavy atom. The average Bonchev–Trinajstić information content (AvgIpc) is 2.48. The van der Waals surface area contributed by atoms with Gasteiger partial charge in [0, 0.05) is 6.54 Å². The molecule has 2 aromatic carbocycles. The first-order chi connectivity index (χ1) is 10.8. The first-order valence-corrected chi connectivity index (χ1v) is 8.71. The van der Waals surface area contributed by atoms with Crippen LogP contribution < -0.4 is 9.46 Å². The van der Waals surface area contributed by atoms with Crippen molar-refractivity contribution in [2.24, 2.45) is 0 Å². The van der Waals surface area contributed by atoms with Gasteiger partial charge in [-0.2, -0.15) is 0 Å². The molecule has 0 aliphatic carbocycles. The highest BCUT2D eigenvalue weighted by molar-refractivity contribution is 7.92. The fraction of sp³-hybridized carbons (Fsp3) is 0.294. The van der Waals surface area contributed by atoms with Crippen LogP contribution in [0.5, 0.6) is 5.75 Å². The summed E-state index contributed by atoms with van der Waals surface area (Å²) < 4.78 is 32.9. The van der Waals surface area contributed by atoms with Crippen molar-refractivity contribution in [1.82, 2.24) is 4.90 Å². The molecule has 0 radical (unpaired) electrons. The van der Waals surface area contributed by atoms with E-state index in [1.54, 1.807) is 24.3 Å². The summed E-state index contributed by atoms with van der Waals surface area (Å²) in [5, 5.41) is 0. The summed E-state index contributed by atoms with van der Waals surface area (Å²) in [4.78, 5) is 2.27. The second kappa shape index (κ2) is 7.02. The Kier molecular flexibility index (Phi) is 5.28. The van der Waals surface area contributed by atoms with Crippen molar-refractivity contribution in [3.8, 4) is 5.75 Å². The topological polar surface area (TPSA) is 58.6 Å². The first-order valence-electron chi connectivity index (χ1n) is 7.23. The van der Waals surface area contributed by atoms with E-state index in [1.807, 2.05) is 44.1 Å². The molecule has 0 aliphatic rings. The lowest BCUT2D eigenvalue weighted by atomic mass is 10.2. The van der Waals surface area contributed by atoms with E-state index in [0.29, 0.717) is 11.4 Å². The highest BCUT2D eigenvalue weighted by Gasteiger charge is 2.17. The maximum atomic E-state index is 12.5. The van der Waals surface area contributed by atoms with Gasteiger partial charge in [0.1, 0.15) is 5.75 Å². The summed E-state index contributed by atoms with van der Waals surface area (Å²) >= 11 is 0. The molecule has 0 saturated heterocycles. The Morgan fingerprint density at radius 3 is 2.48 bits per heavy atom. The van der Waals surface area contributed by atoms with E-state index in [0.717, 1.165) is 17.7 Å². The molecule has 2 aromatic rings. The fourth-order valence-corrected chi connectivity index (χ4v) is 3.44. The molecule has 0 bridgehead atoms. The second-order valence-electron chi connectivity index (χ2n) is 5.69. The molecule has 0 atom stereocenters. The van der Waals surface area contributed by atoms with Crippen LogP contribution in [-0.4, -0.2) is 34.5 Å². The number of methoxy groups -OCH3 is 1. The maximum Gasteiger partial charge on any atom is 0.262 e. The van der Waals surface area contributed by atoms with Crippen LogP contribution in [0.3, 0.4) is 0 Å². The van der Waals surface area contributed by atoms with Gasteiger partial charge in [0.15, 0.2) is 0 Å². The third kappa shape index (κ3) is 4.46. The number of anilines is 1. The van der Waals surface area contributed by atoms with Gasteiger partial charge in [0.05, 0.1) is 17.7 Å². The lowest BCUT2D eigenvalue weighted by Crippen LogP contribution is -2.14. The summed E-state index contributed by atoms with van der Waals surface area (Å²) in [5.74, 6) is 0.501. The largest absolute Gasteiger partial charge is 0.495 e. The normalized spacial score (nSPS) is 11.5. The molecule has 124 valence electrons. The number of benzene rings is 2. The lowest BCUT2D eigenvalue weighted by molar-refractivity contribution is 0.396. The third-order valence-corrected chi connectivity index (χ3v) is 4.67. The number of nitrogens with zero attached hydrogens (tertiary/aromatic N) is 1. The zero-order valence-corrected chi connectivity index (χ0v) is 14.6. The van der Waals surface area contributed by atoms with E-state index in [4.69, 9.17) is 4.74 Å². The summed E-state index contributed by atoms with van der Waals surface area (Å²) in [7, 11) is 1.83. The Labute approximate surface area is 137 Å². The van der Waals surface area contributed by atoms with Crippen LogP contribution in [0.1, 0.15) is 11.1 Å². The standard InChI is InChI=1S/C17H22N2O3S/c1-13-6-5-7-15(10-13)23(20,21)18-16-9-8-14(12-19(2)3)11-17(16)22-4/h5-11,18H,12H2,1-4H3. The molecule has 0 amide bonds. The Hall–Kier alpha value is -2.05. The molecule has 0 saturated carbocycles. The SMILES string of the molecule is COc1cc(CN(C)C)ccc1NS(=O)(=O)c1cccc(C)c1. The molecule has 23 heavy (non-hydrogen) atoms. The van der Waals surface area contributed by atoms with Gasteiger partial charge in [-0.15, -0.1) is 0 Å². The lowest BCUT2D eigenvalue weighted by Gasteiger charge is -2.15. The van der Waals surface area contributed by atoms with E-state index < -0.39 is 10.0 Å². The molecular formula is C17H22N2O3S. The fourth-order valence-electron chi connectivity index (χ4n) is 2.27. The number of rotatable bonds is 6. The second-order valence-corrected chi connectivity index (χ2v) is 7.38. The molecule has 6 heteroatoms. The minimum absolute atomic E-state index is 0.233. The summed E-state index contributed by atoms with van der Waals surface area (Å²) in [5.41, 5.74) is 2.36. The van der Waals surface area contributed by atoms with E-state index in [2.05, 4.69) is 4.72 Å². The Morgan fingerprint density at radius 1 is 1.13 bits per heavy atom. The monoisotopic (exact) mass is 334 g/mol. The van der Waals surface area contributed by atoms with Gasteiger partial charge in [-0.25, -0.2) is 8.42 Å². The molecule has 0 heterocycles. The van der Waals surface area contributed by atoms with Crippen LogP contribution in [0.4, 0.5) is 5.69 Å². The van der Waals surface area contributed by atoms with Crippen LogP contribution >= 0.6 is 0 Å². The average molecular weight is 334 g/mol. The molecule has 0 aliphatic heterocycles. The van der Waals surface area contributed by atoms with Crippen molar-refractivity contribution in [2.75, 3.05) is 25.9 Å². The van der Waals surface area contributed by atoms with Gasteiger partial charge in [0.2, 0.25) is 0 Å². The molecule has 2 rings (SSSR count). The van der Waals surface area contributed by atoms with Gasteiger partial charge < -0.3 is 9.64 Å². The number of hydrogen-bond acceptors (Lipinski definition) is 4. The van der Waals surface area contributed by atoms with E-state index in [-0.39, 0.29) is 4.90 Å². The van der Waals surface area contributed by atoms with Crippen molar-refractivity contribution in [1.29, 1.82) is 0 Å².